The average molecular weight is 562 g/mol. The quantitative estimate of drug-likeness (QED) is 0.446. The Balaban J connectivity index is 1.56. The number of rotatable bonds is 7. The highest BCUT2D eigenvalue weighted by atomic mass is 32.2. The van der Waals surface area contributed by atoms with Gasteiger partial charge in [0.2, 0.25) is 15.9 Å². The number of nitrogens with one attached hydrogen (secondary N) is 3. The second-order valence-electron chi connectivity index (χ2n) is 9.61. The van der Waals surface area contributed by atoms with Crippen LogP contribution >= 0.6 is 11.3 Å². The van der Waals surface area contributed by atoms with Gasteiger partial charge in [0, 0.05) is 43.0 Å². The van der Waals surface area contributed by atoms with Crippen molar-refractivity contribution in [3.05, 3.63) is 45.8 Å². The number of hydrazine groups is 1. The molecule has 0 spiro atoms. The molecule has 2 aliphatic rings. The van der Waals surface area contributed by atoms with E-state index in [-0.39, 0.29) is 16.5 Å². The predicted molar refractivity (Wildman–Crippen MR) is 146 cm³/mol. The third kappa shape index (κ3) is 5.93. The Kier molecular flexibility index (Phi) is 8.86. The van der Waals surface area contributed by atoms with Crippen molar-refractivity contribution in [1.82, 2.24) is 20.1 Å². The number of anilines is 1. The molecule has 206 valence electrons. The van der Waals surface area contributed by atoms with Crippen molar-refractivity contribution in [1.29, 1.82) is 0 Å². The normalized spacial score (nSPS) is 18.4. The molecule has 3 N–H and O–H groups in total. The molecule has 1 aromatic heterocycles. The highest BCUT2D eigenvalue weighted by molar-refractivity contribution is 7.89. The van der Waals surface area contributed by atoms with Crippen molar-refractivity contribution < 1.29 is 22.8 Å². The molecule has 1 atom stereocenters. The SMILES string of the molecule is CCC1CCCCN1S(=O)(=O)c1ccc(C(=O)Nc2sc3c(c2C(=O)NNC(C)=O)CCN(CC)C3)cc1. The molecule has 1 fully saturated rings. The fraction of sp³-hybridized carbons (Fsp3) is 0.500. The van der Waals surface area contributed by atoms with Gasteiger partial charge in [-0.05, 0) is 62.1 Å². The fourth-order valence-electron chi connectivity index (χ4n) is 5.05. The van der Waals surface area contributed by atoms with Crippen LogP contribution < -0.4 is 16.2 Å². The van der Waals surface area contributed by atoms with E-state index >= 15 is 0 Å². The van der Waals surface area contributed by atoms with Gasteiger partial charge in [0.1, 0.15) is 5.00 Å². The Morgan fingerprint density at radius 2 is 1.76 bits per heavy atom. The lowest BCUT2D eigenvalue weighted by molar-refractivity contribution is -0.119. The molecule has 1 aromatic carbocycles. The van der Waals surface area contributed by atoms with Crippen molar-refractivity contribution in [3.63, 3.8) is 0 Å². The first-order chi connectivity index (χ1) is 18.1. The summed E-state index contributed by atoms with van der Waals surface area (Å²) in [4.78, 5) is 40.9. The number of piperidine rings is 1. The summed E-state index contributed by atoms with van der Waals surface area (Å²) >= 11 is 1.35. The largest absolute Gasteiger partial charge is 0.313 e. The molecule has 1 saturated heterocycles. The average Bonchev–Trinajstić information content (AvgIpc) is 3.28. The first-order valence-electron chi connectivity index (χ1n) is 13.0. The summed E-state index contributed by atoms with van der Waals surface area (Å²) in [6.07, 6.45) is 4.14. The van der Waals surface area contributed by atoms with E-state index in [0.29, 0.717) is 30.1 Å². The lowest BCUT2D eigenvalue weighted by atomic mass is 10.0. The lowest BCUT2D eigenvalue weighted by Crippen LogP contribution is -2.43. The number of sulfonamides is 1. The van der Waals surface area contributed by atoms with Gasteiger partial charge in [0.25, 0.3) is 11.8 Å². The van der Waals surface area contributed by atoms with Crippen LogP contribution in [0.5, 0.6) is 0 Å². The molecular formula is C26H35N5O5S2. The number of benzene rings is 1. The summed E-state index contributed by atoms with van der Waals surface area (Å²) in [5, 5.41) is 3.25. The van der Waals surface area contributed by atoms with Crippen LogP contribution in [0, 0.1) is 0 Å². The second-order valence-corrected chi connectivity index (χ2v) is 12.6. The molecule has 2 aromatic rings. The number of carbonyl (C=O) groups is 3. The Hall–Kier alpha value is -2.80. The lowest BCUT2D eigenvalue weighted by Gasteiger charge is -2.34. The smallest absolute Gasteiger partial charge is 0.272 e. The van der Waals surface area contributed by atoms with E-state index in [1.165, 1.54) is 42.5 Å². The van der Waals surface area contributed by atoms with Crippen molar-refractivity contribution in [2.75, 3.05) is 25.0 Å². The zero-order valence-corrected chi connectivity index (χ0v) is 23.6. The first kappa shape index (κ1) is 28.2. The van der Waals surface area contributed by atoms with E-state index in [1.54, 1.807) is 4.31 Å². The summed E-state index contributed by atoms with van der Waals surface area (Å²) in [6.45, 7) is 8.21. The van der Waals surface area contributed by atoms with E-state index < -0.39 is 27.7 Å². The van der Waals surface area contributed by atoms with Crippen LogP contribution in [-0.2, 0) is 27.8 Å². The molecule has 0 saturated carbocycles. The van der Waals surface area contributed by atoms with Crippen LogP contribution in [0.1, 0.15) is 77.6 Å². The molecule has 3 amide bonds. The van der Waals surface area contributed by atoms with Crippen LogP contribution in [-0.4, -0.2) is 61.0 Å². The first-order valence-corrected chi connectivity index (χ1v) is 15.3. The number of hydrogen-bond acceptors (Lipinski definition) is 7. The van der Waals surface area contributed by atoms with Crippen LogP contribution in [0.2, 0.25) is 0 Å². The molecule has 1 unspecified atom stereocenters. The van der Waals surface area contributed by atoms with Gasteiger partial charge in [0.05, 0.1) is 10.5 Å². The van der Waals surface area contributed by atoms with Gasteiger partial charge >= 0.3 is 0 Å². The van der Waals surface area contributed by atoms with Gasteiger partial charge in [-0.3, -0.25) is 30.1 Å². The maximum Gasteiger partial charge on any atom is 0.272 e. The molecule has 0 radical (unpaired) electrons. The molecule has 3 heterocycles. The predicted octanol–water partition coefficient (Wildman–Crippen LogP) is 3.11. The monoisotopic (exact) mass is 561 g/mol. The number of hydrogen-bond donors (Lipinski definition) is 3. The van der Waals surface area contributed by atoms with Crippen LogP contribution in [0.3, 0.4) is 0 Å². The van der Waals surface area contributed by atoms with Crippen molar-refractivity contribution in [2.24, 2.45) is 0 Å². The van der Waals surface area contributed by atoms with Crippen LogP contribution in [0.25, 0.3) is 0 Å². The molecule has 0 aliphatic carbocycles. The standard InChI is InChI=1S/C26H35N5O5S2/c1-4-19-8-6-7-14-31(19)38(35,36)20-11-9-18(10-12-20)24(33)27-26-23(25(34)29-28-17(3)32)21-13-15-30(5-2)16-22(21)37-26/h9-12,19H,4-8,13-16H2,1-3H3,(H,27,33)(H,28,32)(H,29,34). The maximum absolute atomic E-state index is 13.3. The summed E-state index contributed by atoms with van der Waals surface area (Å²) in [5.41, 5.74) is 6.21. The Bertz CT molecular complexity index is 1310. The molecule has 4 rings (SSSR count). The maximum atomic E-state index is 13.3. The fourth-order valence-corrected chi connectivity index (χ4v) is 8.10. The molecule has 0 bridgehead atoms. The van der Waals surface area contributed by atoms with Crippen molar-refractivity contribution >= 4 is 44.1 Å². The van der Waals surface area contributed by atoms with Crippen LogP contribution in [0.4, 0.5) is 5.00 Å². The third-order valence-electron chi connectivity index (χ3n) is 7.16. The zero-order chi connectivity index (χ0) is 27.4. The highest BCUT2D eigenvalue weighted by Gasteiger charge is 2.33. The van der Waals surface area contributed by atoms with E-state index in [1.807, 2.05) is 6.92 Å². The van der Waals surface area contributed by atoms with E-state index in [4.69, 9.17) is 0 Å². The minimum absolute atomic E-state index is 0.00715. The number of fused-ring (bicyclic) bond motifs is 1. The van der Waals surface area contributed by atoms with E-state index in [0.717, 1.165) is 49.2 Å². The number of carbonyl (C=O) groups excluding carboxylic acids is 3. The minimum atomic E-state index is -3.65. The number of thiophene rings is 1. The number of nitrogens with zero attached hydrogens (tertiary/aromatic N) is 2. The number of amides is 3. The summed E-state index contributed by atoms with van der Waals surface area (Å²) in [6, 6.07) is 5.92. The Morgan fingerprint density at radius 1 is 1.03 bits per heavy atom. The zero-order valence-electron chi connectivity index (χ0n) is 22.0. The summed E-state index contributed by atoms with van der Waals surface area (Å²) in [5.74, 6) is -1.35. The third-order valence-corrected chi connectivity index (χ3v) is 10.3. The minimum Gasteiger partial charge on any atom is -0.313 e. The Labute approximate surface area is 227 Å². The van der Waals surface area contributed by atoms with Gasteiger partial charge in [-0.2, -0.15) is 4.31 Å². The van der Waals surface area contributed by atoms with E-state index in [2.05, 4.69) is 28.0 Å². The van der Waals surface area contributed by atoms with Gasteiger partial charge in [-0.1, -0.05) is 20.3 Å². The molecule has 2 aliphatic heterocycles. The molecule has 38 heavy (non-hydrogen) atoms. The van der Waals surface area contributed by atoms with Crippen molar-refractivity contribution in [2.45, 2.75) is 70.4 Å². The van der Waals surface area contributed by atoms with Crippen molar-refractivity contribution in [3.8, 4) is 0 Å². The molecule has 12 heteroatoms. The van der Waals surface area contributed by atoms with Crippen LogP contribution in [0.15, 0.2) is 29.2 Å². The molecule has 10 nitrogen and oxygen atoms in total. The summed E-state index contributed by atoms with van der Waals surface area (Å²) < 4.78 is 28.1. The van der Waals surface area contributed by atoms with Gasteiger partial charge in [-0.15, -0.1) is 11.3 Å². The van der Waals surface area contributed by atoms with E-state index in [9.17, 15) is 22.8 Å². The van der Waals surface area contributed by atoms with Gasteiger partial charge in [0.15, 0.2) is 0 Å². The second kappa shape index (κ2) is 11.9. The van der Waals surface area contributed by atoms with Gasteiger partial charge < -0.3 is 5.32 Å². The highest BCUT2D eigenvalue weighted by Crippen LogP contribution is 2.37. The number of likely N-dealkylation sites (N-methyl/N-ethyl adjacent to an activating group) is 1. The molecular weight excluding hydrogens is 526 g/mol. The topological polar surface area (TPSA) is 128 Å². The Morgan fingerprint density at radius 3 is 2.42 bits per heavy atom. The summed E-state index contributed by atoms with van der Waals surface area (Å²) in [7, 11) is -3.65. The van der Waals surface area contributed by atoms with Gasteiger partial charge in [-0.25, -0.2) is 8.42 Å².